The molecular formula is C13H15NO4. The summed E-state index contributed by atoms with van der Waals surface area (Å²) in [5.41, 5.74) is 0.881. The first kappa shape index (κ1) is 14.0. The highest BCUT2D eigenvalue weighted by Gasteiger charge is 2.11. The molecule has 0 radical (unpaired) electrons. The molecule has 0 aliphatic carbocycles. The highest BCUT2D eigenvalue weighted by Crippen LogP contribution is 2.14. The quantitative estimate of drug-likeness (QED) is 0.438. The molecule has 5 heteroatoms. The Balaban J connectivity index is 2.57. The van der Waals surface area contributed by atoms with Gasteiger partial charge in [-0.3, -0.25) is 4.79 Å². The second kappa shape index (κ2) is 7.30. The molecule has 0 saturated carbocycles. The van der Waals surface area contributed by atoms with Gasteiger partial charge in [0.15, 0.2) is 11.9 Å². The molecule has 18 heavy (non-hydrogen) atoms. The zero-order chi connectivity index (χ0) is 13.4. The van der Waals surface area contributed by atoms with E-state index in [4.69, 9.17) is 19.8 Å². The molecule has 0 bridgehead atoms. The summed E-state index contributed by atoms with van der Waals surface area (Å²) in [7, 11) is 0. The van der Waals surface area contributed by atoms with E-state index < -0.39 is 12.1 Å². The van der Waals surface area contributed by atoms with E-state index in [2.05, 4.69) is 0 Å². The van der Waals surface area contributed by atoms with Crippen molar-refractivity contribution in [1.82, 2.24) is 0 Å². The zero-order valence-electron chi connectivity index (χ0n) is 10.4. The maximum absolute atomic E-state index is 10.8. The summed E-state index contributed by atoms with van der Waals surface area (Å²) in [6.45, 7) is 3.57. The van der Waals surface area contributed by atoms with E-state index in [1.165, 1.54) is 6.92 Å². The first-order valence-corrected chi connectivity index (χ1v) is 5.61. The number of rotatable bonds is 6. The molecule has 0 fully saturated rings. The van der Waals surface area contributed by atoms with Gasteiger partial charge in [-0.15, -0.1) is 0 Å². The fraction of sp³-hybridized carbons (Fsp3) is 0.385. The average molecular weight is 249 g/mol. The standard InChI is InChI=1S/C13H15NO4/c1-3-16-18-12-6-4-11(5-7-12)8-13(9-14)17-10(2)15/h4-7,13H,3,8H2,1-2H3. The molecule has 1 aromatic rings. The van der Waals surface area contributed by atoms with Gasteiger partial charge in [0.2, 0.25) is 0 Å². The normalized spacial score (nSPS) is 11.4. The molecule has 0 aliphatic heterocycles. The summed E-state index contributed by atoms with van der Waals surface area (Å²) in [4.78, 5) is 20.5. The molecule has 0 saturated heterocycles. The van der Waals surface area contributed by atoms with E-state index in [0.29, 0.717) is 18.8 Å². The van der Waals surface area contributed by atoms with Crippen molar-refractivity contribution in [2.75, 3.05) is 6.61 Å². The predicted molar refractivity (Wildman–Crippen MR) is 63.6 cm³/mol. The van der Waals surface area contributed by atoms with Crippen LogP contribution in [0.4, 0.5) is 0 Å². The predicted octanol–water partition coefficient (Wildman–Crippen LogP) is 2.01. The summed E-state index contributed by atoms with van der Waals surface area (Å²) in [5.74, 6) is 0.124. The molecule has 1 aromatic carbocycles. The van der Waals surface area contributed by atoms with Gasteiger partial charge in [-0.2, -0.15) is 10.1 Å². The first-order chi connectivity index (χ1) is 8.65. The fourth-order valence-electron chi connectivity index (χ4n) is 1.34. The summed E-state index contributed by atoms with van der Waals surface area (Å²) in [5, 5.41) is 8.84. The molecule has 0 amide bonds. The van der Waals surface area contributed by atoms with Crippen LogP contribution < -0.4 is 4.89 Å². The zero-order valence-corrected chi connectivity index (χ0v) is 10.4. The van der Waals surface area contributed by atoms with E-state index in [-0.39, 0.29) is 0 Å². The lowest BCUT2D eigenvalue weighted by atomic mass is 10.1. The Labute approximate surface area is 106 Å². The average Bonchev–Trinajstić information content (AvgIpc) is 2.36. The molecule has 1 rings (SSSR count). The van der Waals surface area contributed by atoms with Crippen molar-refractivity contribution in [3.63, 3.8) is 0 Å². The van der Waals surface area contributed by atoms with Crippen LogP contribution in [-0.2, 0) is 20.8 Å². The smallest absolute Gasteiger partial charge is 0.303 e. The molecule has 96 valence electrons. The highest BCUT2D eigenvalue weighted by molar-refractivity contribution is 5.66. The molecule has 0 aromatic heterocycles. The SMILES string of the molecule is CCOOc1ccc(CC(C#N)OC(C)=O)cc1. The van der Waals surface area contributed by atoms with E-state index in [0.717, 1.165) is 5.56 Å². The number of nitrogens with zero attached hydrogens (tertiary/aromatic N) is 1. The van der Waals surface area contributed by atoms with Crippen LogP contribution in [0, 0.1) is 11.3 Å². The van der Waals surface area contributed by atoms with Gasteiger partial charge in [-0.25, -0.2) is 0 Å². The Bertz CT molecular complexity index is 422. The number of benzene rings is 1. The second-order valence-corrected chi connectivity index (χ2v) is 3.57. The lowest BCUT2D eigenvalue weighted by molar-refractivity contribution is -0.202. The molecule has 0 aliphatic rings. The van der Waals surface area contributed by atoms with Crippen LogP contribution in [0.15, 0.2) is 24.3 Å². The fourth-order valence-corrected chi connectivity index (χ4v) is 1.34. The number of nitriles is 1. The third kappa shape index (κ3) is 4.85. The minimum absolute atomic E-state index is 0.352. The number of ether oxygens (including phenoxy) is 1. The van der Waals surface area contributed by atoms with Crippen molar-refractivity contribution in [3.05, 3.63) is 29.8 Å². The van der Waals surface area contributed by atoms with E-state index >= 15 is 0 Å². The van der Waals surface area contributed by atoms with Crippen molar-refractivity contribution < 1.29 is 19.3 Å². The number of esters is 1. The molecule has 1 atom stereocenters. The van der Waals surface area contributed by atoms with Gasteiger partial charge >= 0.3 is 5.97 Å². The summed E-state index contributed by atoms with van der Waals surface area (Å²) >= 11 is 0. The van der Waals surface area contributed by atoms with Crippen LogP contribution in [0.2, 0.25) is 0 Å². The Morgan fingerprint density at radius 3 is 2.56 bits per heavy atom. The Hall–Kier alpha value is -2.06. The minimum atomic E-state index is -0.763. The Morgan fingerprint density at radius 2 is 2.06 bits per heavy atom. The molecule has 0 heterocycles. The second-order valence-electron chi connectivity index (χ2n) is 3.57. The molecule has 5 nitrogen and oxygen atoms in total. The van der Waals surface area contributed by atoms with Crippen LogP contribution in [0.3, 0.4) is 0 Å². The Kier molecular flexibility index (Phi) is 5.68. The van der Waals surface area contributed by atoms with Gasteiger partial charge in [0.25, 0.3) is 0 Å². The third-order valence-electron chi connectivity index (χ3n) is 2.07. The van der Waals surface area contributed by atoms with Crippen molar-refractivity contribution >= 4 is 5.97 Å². The molecular weight excluding hydrogens is 234 g/mol. The van der Waals surface area contributed by atoms with Crippen molar-refractivity contribution in [3.8, 4) is 11.8 Å². The number of carbonyl (C=O) groups is 1. The first-order valence-electron chi connectivity index (χ1n) is 5.61. The van der Waals surface area contributed by atoms with Crippen LogP contribution in [0.1, 0.15) is 19.4 Å². The molecule has 0 spiro atoms. The van der Waals surface area contributed by atoms with Crippen molar-refractivity contribution in [1.29, 1.82) is 5.26 Å². The lowest BCUT2D eigenvalue weighted by Gasteiger charge is -2.09. The van der Waals surface area contributed by atoms with E-state index in [9.17, 15) is 4.79 Å². The van der Waals surface area contributed by atoms with Crippen molar-refractivity contribution in [2.24, 2.45) is 0 Å². The highest BCUT2D eigenvalue weighted by atomic mass is 17.2. The van der Waals surface area contributed by atoms with Crippen molar-refractivity contribution in [2.45, 2.75) is 26.4 Å². The topological polar surface area (TPSA) is 68.6 Å². The van der Waals surface area contributed by atoms with E-state index in [1.54, 1.807) is 24.3 Å². The van der Waals surface area contributed by atoms with Crippen LogP contribution in [-0.4, -0.2) is 18.7 Å². The maximum atomic E-state index is 10.8. The summed E-state index contributed by atoms with van der Waals surface area (Å²) in [6.07, 6.45) is -0.411. The molecule has 0 N–H and O–H groups in total. The van der Waals surface area contributed by atoms with Crippen LogP contribution >= 0.6 is 0 Å². The van der Waals surface area contributed by atoms with Gasteiger partial charge in [0.05, 0.1) is 6.61 Å². The molecule has 1 unspecified atom stereocenters. The number of hydrogen-bond acceptors (Lipinski definition) is 5. The lowest BCUT2D eigenvalue weighted by Crippen LogP contribution is -2.16. The summed E-state index contributed by atoms with van der Waals surface area (Å²) < 4.78 is 4.84. The van der Waals surface area contributed by atoms with Gasteiger partial charge in [0, 0.05) is 13.3 Å². The van der Waals surface area contributed by atoms with Gasteiger partial charge in [-0.05, 0) is 24.6 Å². The monoisotopic (exact) mass is 249 g/mol. The summed E-state index contributed by atoms with van der Waals surface area (Å²) in [6, 6.07) is 8.98. The third-order valence-corrected chi connectivity index (χ3v) is 2.07. The number of hydrogen-bond donors (Lipinski definition) is 0. The Morgan fingerprint density at radius 1 is 1.39 bits per heavy atom. The van der Waals surface area contributed by atoms with Crippen LogP contribution in [0.25, 0.3) is 0 Å². The maximum Gasteiger partial charge on any atom is 0.303 e. The van der Waals surface area contributed by atoms with Gasteiger partial charge in [-0.1, -0.05) is 12.1 Å². The number of carbonyl (C=O) groups excluding carboxylic acids is 1. The van der Waals surface area contributed by atoms with Gasteiger partial charge in [0.1, 0.15) is 6.07 Å². The largest absolute Gasteiger partial charge is 0.447 e. The van der Waals surface area contributed by atoms with Crippen LogP contribution in [0.5, 0.6) is 5.75 Å². The minimum Gasteiger partial charge on any atom is -0.447 e. The van der Waals surface area contributed by atoms with Gasteiger partial charge < -0.3 is 9.62 Å². The van der Waals surface area contributed by atoms with E-state index in [1.807, 2.05) is 13.0 Å².